The predicted octanol–water partition coefficient (Wildman–Crippen LogP) is 12.2. The minimum atomic E-state index is -1.71. The summed E-state index contributed by atoms with van der Waals surface area (Å²) >= 11 is 0. The summed E-state index contributed by atoms with van der Waals surface area (Å²) < 4.78 is 34.5. The van der Waals surface area contributed by atoms with E-state index in [-0.39, 0.29) is 25.6 Å². The van der Waals surface area contributed by atoms with Crippen LogP contribution in [0.2, 0.25) is 0 Å². The zero-order valence-electron chi connectivity index (χ0n) is 49.3. The zero-order valence-corrected chi connectivity index (χ0v) is 49.3. The molecule has 79 heavy (non-hydrogen) atoms. The Morgan fingerprint density at radius 3 is 1.25 bits per heavy atom. The first-order valence-electron chi connectivity index (χ1n) is 31.5. The molecule has 7 N–H and O–H groups in total. The van der Waals surface area contributed by atoms with Gasteiger partial charge in [-0.15, -0.1) is 0 Å². The topological polar surface area (TPSA) is 214 Å². The highest BCUT2D eigenvalue weighted by Gasteiger charge is 2.47. The summed E-state index contributed by atoms with van der Waals surface area (Å²) in [6.07, 6.45) is 49.5. The van der Waals surface area contributed by atoms with Gasteiger partial charge < -0.3 is 64.2 Å². The molecule has 0 radical (unpaired) electrons. The average Bonchev–Trinajstić information content (AvgIpc) is 3.46. The number of hydrogen-bond acceptors (Lipinski definition) is 14. The standard InChI is InChI=1S/C65H114O14/c1-3-5-7-9-11-13-15-17-19-21-23-25-26-27-28-29-30-32-34-36-38-40-42-44-46-48-57(67)77-54(51-74-49-47-45-43-41-39-37-35-33-31-24-22-20-18-16-14-12-10-8-6-4-2)52-75-64-63(73)61(71)59(69)56(79-64)53-76-65-62(72)60(70)58(68)55(50-66)78-65/h12,14-15,17-18,20-21,23-24,26-27,31,54-56,58-66,68-73H,3-11,13,16,19,22,25,28-30,32-53H2,1-2H3/b14-12-,17-15-,20-18-,23-21-,27-26-,31-24-. The molecule has 2 rings (SSSR count). The van der Waals surface area contributed by atoms with Crippen LogP contribution in [0.3, 0.4) is 0 Å². The lowest BCUT2D eigenvalue weighted by molar-refractivity contribution is -0.332. The molecular formula is C65H114O14. The number of hydrogen-bond donors (Lipinski definition) is 7. The fraction of sp³-hybridized carbons (Fsp3) is 0.800. The summed E-state index contributed by atoms with van der Waals surface area (Å²) in [5.41, 5.74) is 0. The van der Waals surface area contributed by atoms with Gasteiger partial charge in [0.15, 0.2) is 12.6 Å². The maximum absolute atomic E-state index is 13.1. The third-order valence-electron chi connectivity index (χ3n) is 14.7. The van der Waals surface area contributed by atoms with Gasteiger partial charge >= 0.3 is 5.97 Å². The van der Waals surface area contributed by atoms with E-state index in [1.54, 1.807) is 0 Å². The highest BCUT2D eigenvalue weighted by molar-refractivity contribution is 5.69. The molecule has 0 aromatic heterocycles. The molecule has 0 spiro atoms. The van der Waals surface area contributed by atoms with Crippen LogP contribution in [-0.2, 0) is 33.2 Å². The third-order valence-corrected chi connectivity index (χ3v) is 14.7. The number of aliphatic hydroxyl groups excluding tert-OH is 7. The number of aliphatic hydroxyl groups is 7. The number of unbranched alkanes of at least 4 members (excludes halogenated alkanes) is 25. The molecular weight excluding hydrogens is 1000 g/mol. The zero-order chi connectivity index (χ0) is 57.2. The second-order valence-corrected chi connectivity index (χ2v) is 21.9. The molecule has 14 heteroatoms. The Morgan fingerprint density at radius 2 is 0.785 bits per heavy atom. The first kappa shape index (κ1) is 72.5. The smallest absolute Gasteiger partial charge is 0.306 e. The van der Waals surface area contributed by atoms with Crippen LogP contribution in [0, 0.1) is 0 Å². The number of rotatable bonds is 51. The van der Waals surface area contributed by atoms with Gasteiger partial charge in [0.25, 0.3) is 0 Å². The lowest BCUT2D eigenvalue weighted by Gasteiger charge is -2.42. The van der Waals surface area contributed by atoms with Crippen molar-refractivity contribution in [3.8, 4) is 0 Å². The van der Waals surface area contributed by atoms with E-state index in [0.29, 0.717) is 13.0 Å². The number of esters is 1. The highest BCUT2D eigenvalue weighted by Crippen LogP contribution is 2.27. The Hall–Kier alpha value is -2.57. The second kappa shape index (κ2) is 51.1. The fourth-order valence-electron chi connectivity index (χ4n) is 9.59. The van der Waals surface area contributed by atoms with E-state index < -0.39 is 80.7 Å². The molecule has 2 saturated heterocycles. The van der Waals surface area contributed by atoms with Gasteiger partial charge in [-0.1, -0.05) is 209 Å². The third kappa shape index (κ3) is 37.3. The van der Waals surface area contributed by atoms with Crippen LogP contribution < -0.4 is 0 Å². The van der Waals surface area contributed by atoms with Gasteiger partial charge in [0.05, 0.1) is 26.4 Å². The molecule has 2 heterocycles. The Balaban J connectivity index is 1.69. The van der Waals surface area contributed by atoms with E-state index in [9.17, 15) is 40.5 Å². The molecule has 458 valence electrons. The summed E-state index contributed by atoms with van der Waals surface area (Å²) in [6.45, 7) is 3.64. The average molecular weight is 1120 g/mol. The first-order valence-corrected chi connectivity index (χ1v) is 31.5. The number of ether oxygens (including phenoxy) is 6. The van der Waals surface area contributed by atoms with E-state index in [1.807, 2.05) is 0 Å². The molecule has 2 aliphatic heterocycles. The van der Waals surface area contributed by atoms with Crippen molar-refractivity contribution in [1.82, 2.24) is 0 Å². The molecule has 11 unspecified atom stereocenters. The first-order chi connectivity index (χ1) is 38.6. The van der Waals surface area contributed by atoms with Crippen LogP contribution in [0.4, 0.5) is 0 Å². The monoisotopic (exact) mass is 1120 g/mol. The lowest BCUT2D eigenvalue weighted by atomic mass is 9.98. The van der Waals surface area contributed by atoms with Crippen molar-refractivity contribution >= 4 is 5.97 Å². The minimum absolute atomic E-state index is 0.0504. The number of carbonyl (C=O) groups excluding carboxylic acids is 1. The Bertz CT molecular complexity index is 1580. The molecule has 0 amide bonds. The van der Waals surface area contributed by atoms with Crippen molar-refractivity contribution in [2.75, 3.05) is 33.0 Å². The summed E-state index contributed by atoms with van der Waals surface area (Å²) in [5, 5.41) is 72.5. The molecule has 0 saturated carbocycles. The predicted molar refractivity (Wildman–Crippen MR) is 316 cm³/mol. The van der Waals surface area contributed by atoms with Crippen LogP contribution in [0.5, 0.6) is 0 Å². The quantitative estimate of drug-likeness (QED) is 0.0172. The van der Waals surface area contributed by atoms with Crippen LogP contribution in [0.15, 0.2) is 72.9 Å². The van der Waals surface area contributed by atoms with Crippen LogP contribution in [0.25, 0.3) is 0 Å². The second-order valence-electron chi connectivity index (χ2n) is 21.9. The molecule has 0 aliphatic carbocycles. The van der Waals surface area contributed by atoms with Crippen molar-refractivity contribution in [2.24, 2.45) is 0 Å². The van der Waals surface area contributed by atoms with E-state index in [1.165, 1.54) is 128 Å². The molecule has 0 aromatic rings. The normalized spacial score (nSPS) is 24.5. The van der Waals surface area contributed by atoms with Gasteiger partial charge in [-0.2, -0.15) is 0 Å². The Morgan fingerprint density at radius 1 is 0.418 bits per heavy atom. The molecule has 0 bridgehead atoms. The summed E-state index contributed by atoms with van der Waals surface area (Å²) in [5.74, 6) is -0.384. The largest absolute Gasteiger partial charge is 0.457 e. The van der Waals surface area contributed by atoms with E-state index >= 15 is 0 Å². The van der Waals surface area contributed by atoms with E-state index in [4.69, 9.17) is 28.4 Å². The van der Waals surface area contributed by atoms with Crippen molar-refractivity contribution in [2.45, 2.75) is 300 Å². The van der Waals surface area contributed by atoms with Gasteiger partial charge in [-0.05, 0) is 89.9 Å². The van der Waals surface area contributed by atoms with Crippen LogP contribution in [0.1, 0.15) is 232 Å². The van der Waals surface area contributed by atoms with E-state index in [0.717, 1.165) is 77.0 Å². The molecule has 2 aliphatic rings. The number of allylic oxidation sites excluding steroid dienone is 12. The van der Waals surface area contributed by atoms with Gasteiger partial charge in [0, 0.05) is 13.0 Å². The Labute approximate surface area is 478 Å². The SMILES string of the molecule is CCCCC/C=C\C/C=C\C/C=C\CCCCCCCCCOCC(COC1OC(COC2OC(CO)C(O)C(O)C2O)C(O)C(O)C1O)OC(=O)CCCCCCCCCCCC/C=C\C/C=C\C/C=C\CCCCCCC. The van der Waals surface area contributed by atoms with Crippen molar-refractivity contribution < 1.29 is 69.0 Å². The van der Waals surface area contributed by atoms with Crippen molar-refractivity contribution in [3.05, 3.63) is 72.9 Å². The summed E-state index contributed by atoms with van der Waals surface area (Å²) in [4.78, 5) is 13.1. The van der Waals surface area contributed by atoms with Crippen LogP contribution in [-0.4, -0.2) is 142 Å². The van der Waals surface area contributed by atoms with Gasteiger partial charge in [-0.3, -0.25) is 4.79 Å². The van der Waals surface area contributed by atoms with E-state index in [2.05, 4.69) is 86.8 Å². The molecule has 0 aromatic carbocycles. The molecule has 14 nitrogen and oxygen atoms in total. The maximum Gasteiger partial charge on any atom is 0.306 e. The summed E-state index contributed by atoms with van der Waals surface area (Å²) in [7, 11) is 0. The summed E-state index contributed by atoms with van der Waals surface area (Å²) in [6, 6.07) is 0. The van der Waals surface area contributed by atoms with Gasteiger partial charge in [0.1, 0.15) is 54.9 Å². The fourth-order valence-corrected chi connectivity index (χ4v) is 9.59. The Kier molecular flexibility index (Phi) is 46.9. The van der Waals surface area contributed by atoms with Crippen molar-refractivity contribution in [1.29, 1.82) is 0 Å². The molecule has 2 fully saturated rings. The van der Waals surface area contributed by atoms with Gasteiger partial charge in [0.2, 0.25) is 0 Å². The highest BCUT2D eigenvalue weighted by atomic mass is 16.7. The molecule has 11 atom stereocenters. The van der Waals surface area contributed by atoms with Crippen molar-refractivity contribution in [3.63, 3.8) is 0 Å². The minimum Gasteiger partial charge on any atom is -0.457 e. The number of carbonyl (C=O) groups is 1. The lowest BCUT2D eigenvalue weighted by Crippen LogP contribution is -2.61. The maximum atomic E-state index is 13.1. The van der Waals surface area contributed by atoms with Gasteiger partial charge in [-0.25, -0.2) is 0 Å². The van der Waals surface area contributed by atoms with Crippen LogP contribution >= 0.6 is 0 Å².